The first kappa shape index (κ1) is 15.5. The summed E-state index contributed by atoms with van der Waals surface area (Å²) in [5, 5.41) is 4.21. The van der Waals surface area contributed by atoms with Crippen LogP contribution in [0.2, 0.25) is 0 Å². The highest BCUT2D eigenvalue weighted by Gasteiger charge is 2.60. The molecule has 3 aliphatic rings. The molecule has 0 aliphatic carbocycles. The Hall–Kier alpha value is -2.05. The molecule has 130 valence electrons. The number of carbonyl (C=O) groups is 2. The van der Waals surface area contributed by atoms with Gasteiger partial charge in [-0.1, -0.05) is 13.3 Å². The monoisotopic (exact) mass is 331 g/mol. The van der Waals surface area contributed by atoms with E-state index in [4.69, 9.17) is 0 Å². The summed E-state index contributed by atoms with van der Waals surface area (Å²) in [5.74, 6) is 0.0462. The third-order valence-electron chi connectivity index (χ3n) is 5.79. The van der Waals surface area contributed by atoms with E-state index in [1.54, 1.807) is 9.58 Å². The van der Waals surface area contributed by atoms with E-state index < -0.39 is 5.54 Å². The van der Waals surface area contributed by atoms with E-state index in [-0.39, 0.29) is 18.0 Å². The van der Waals surface area contributed by atoms with Gasteiger partial charge in [-0.3, -0.25) is 14.4 Å². The Labute approximate surface area is 142 Å². The van der Waals surface area contributed by atoms with Gasteiger partial charge in [0, 0.05) is 32.9 Å². The molecule has 24 heavy (non-hydrogen) atoms. The molecule has 0 saturated carbocycles. The number of urea groups is 1. The van der Waals surface area contributed by atoms with Gasteiger partial charge in [-0.2, -0.15) is 5.10 Å². The third kappa shape index (κ3) is 2.06. The van der Waals surface area contributed by atoms with Crippen molar-refractivity contribution in [3.63, 3.8) is 0 Å². The highest BCUT2D eigenvalue weighted by molar-refractivity contribution is 6.07. The van der Waals surface area contributed by atoms with Crippen molar-refractivity contribution in [1.29, 1.82) is 0 Å². The standard InChI is InChI=1S/C17H25N5O2/c1-3-6-17-7-4-8-21(17)16(24)22(15(17)23)13-5-9-20(12-13)14-10-18-19(2)11-14/h10-11,13H,3-9,12H2,1-2H3/t13-,17-/m1/s1. The maximum Gasteiger partial charge on any atom is 0.327 e. The van der Waals surface area contributed by atoms with Crippen LogP contribution in [0.4, 0.5) is 10.5 Å². The fraction of sp³-hybridized carbons (Fsp3) is 0.706. The predicted octanol–water partition coefficient (Wildman–Crippen LogP) is 1.60. The molecule has 0 aromatic carbocycles. The molecule has 3 amide bonds. The van der Waals surface area contributed by atoms with Crippen LogP contribution in [0.25, 0.3) is 0 Å². The van der Waals surface area contributed by atoms with Crippen LogP contribution in [0.1, 0.15) is 39.0 Å². The molecule has 2 atom stereocenters. The van der Waals surface area contributed by atoms with Crippen LogP contribution in [0.15, 0.2) is 12.4 Å². The summed E-state index contributed by atoms with van der Waals surface area (Å²) in [6, 6.07) is -0.0893. The van der Waals surface area contributed by atoms with Gasteiger partial charge in [0.2, 0.25) is 0 Å². The van der Waals surface area contributed by atoms with Gasteiger partial charge in [0.25, 0.3) is 5.91 Å². The van der Waals surface area contributed by atoms with Crippen molar-refractivity contribution in [2.24, 2.45) is 7.05 Å². The second-order valence-electron chi connectivity index (χ2n) is 7.26. The smallest absolute Gasteiger partial charge is 0.327 e. The normalized spacial score (nSPS) is 29.9. The molecular formula is C17H25N5O2. The van der Waals surface area contributed by atoms with E-state index in [0.717, 1.165) is 50.9 Å². The summed E-state index contributed by atoms with van der Waals surface area (Å²) >= 11 is 0. The summed E-state index contributed by atoms with van der Waals surface area (Å²) < 4.78 is 1.78. The fourth-order valence-electron chi connectivity index (χ4n) is 4.68. The Morgan fingerprint density at radius 3 is 2.88 bits per heavy atom. The van der Waals surface area contributed by atoms with Gasteiger partial charge < -0.3 is 9.80 Å². The highest BCUT2D eigenvalue weighted by atomic mass is 16.2. The quantitative estimate of drug-likeness (QED) is 0.786. The maximum absolute atomic E-state index is 13.2. The predicted molar refractivity (Wildman–Crippen MR) is 89.6 cm³/mol. The molecule has 4 rings (SSSR count). The summed E-state index contributed by atoms with van der Waals surface area (Å²) in [7, 11) is 1.90. The molecular weight excluding hydrogens is 306 g/mol. The molecule has 1 aromatic rings. The molecule has 0 unspecified atom stereocenters. The number of anilines is 1. The molecule has 0 spiro atoms. The number of hydrogen-bond donors (Lipinski definition) is 0. The van der Waals surface area contributed by atoms with Crippen LogP contribution >= 0.6 is 0 Å². The van der Waals surface area contributed by atoms with E-state index in [2.05, 4.69) is 16.9 Å². The van der Waals surface area contributed by atoms with E-state index >= 15 is 0 Å². The summed E-state index contributed by atoms with van der Waals surface area (Å²) in [6.07, 6.45) is 8.13. The van der Waals surface area contributed by atoms with Crippen molar-refractivity contribution in [1.82, 2.24) is 19.6 Å². The van der Waals surface area contributed by atoms with Gasteiger partial charge in [-0.15, -0.1) is 0 Å². The second-order valence-corrected chi connectivity index (χ2v) is 7.26. The van der Waals surface area contributed by atoms with Crippen LogP contribution in [0, 0.1) is 0 Å². The second kappa shape index (κ2) is 5.50. The topological polar surface area (TPSA) is 61.7 Å². The Balaban J connectivity index is 1.55. The summed E-state index contributed by atoms with van der Waals surface area (Å²) in [6.45, 7) is 4.37. The average Bonchev–Trinajstić information content (AvgIpc) is 3.28. The van der Waals surface area contributed by atoms with Crippen molar-refractivity contribution >= 4 is 17.6 Å². The van der Waals surface area contributed by atoms with Crippen LogP contribution < -0.4 is 4.90 Å². The Kier molecular flexibility index (Phi) is 3.54. The van der Waals surface area contributed by atoms with E-state index in [0.29, 0.717) is 6.54 Å². The Morgan fingerprint density at radius 1 is 1.33 bits per heavy atom. The zero-order valence-corrected chi connectivity index (χ0v) is 14.4. The minimum absolute atomic E-state index is 0.0236. The number of amides is 3. The first-order valence-corrected chi connectivity index (χ1v) is 8.95. The average molecular weight is 331 g/mol. The van der Waals surface area contributed by atoms with Gasteiger partial charge in [-0.05, 0) is 25.7 Å². The molecule has 4 heterocycles. The molecule has 3 saturated heterocycles. The van der Waals surface area contributed by atoms with Crippen LogP contribution in [0.3, 0.4) is 0 Å². The minimum Gasteiger partial charge on any atom is -0.367 e. The number of fused-ring (bicyclic) bond motifs is 1. The molecule has 3 fully saturated rings. The van der Waals surface area contributed by atoms with Gasteiger partial charge in [0.05, 0.1) is 17.9 Å². The van der Waals surface area contributed by atoms with E-state index in [1.165, 1.54) is 0 Å². The molecule has 1 aromatic heterocycles. The van der Waals surface area contributed by atoms with Gasteiger partial charge >= 0.3 is 6.03 Å². The molecule has 7 heteroatoms. The van der Waals surface area contributed by atoms with Crippen LogP contribution in [-0.2, 0) is 11.8 Å². The Morgan fingerprint density at radius 2 is 2.17 bits per heavy atom. The van der Waals surface area contributed by atoms with Crippen molar-refractivity contribution in [3.8, 4) is 0 Å². The van der Waals surface area contributed by atoms with Gasteiger partial charge in [0.1, 0.15) is 5.54 Å². The van der Waals surface area contributed by atoms with Gasteiger partial charge in [-0.25, -0.2) is 4.79 Å². The van der Waals surface area contributed by atoms with Crippen LogP contribution in [0.5, 0.6) is 0 Å². The third-order valence-corrected chi connectivity index (χ3v) is 5.79. The lowest BCUT2D eigenvalue weighted by Gasteiger charge is -2.27. The lowest BCUT2D eigenvalue weighted by atomic mass is 9.90. The Bertz CT molecular complexity index is 672. The number of rotatable bonds is 4. The molecule has 3 aliphatic heterocycles. The maximum atomic E-state index is 13.2. The van der Waals surface area contributed by atoms with Crippen molar-refractivity contribution in [3.05, 3.63) is 12.4 Å². The van der Waals surface area contributed by atoms with Crippen molar-refractivity contribution in [2.75, 3.05) is 24.5 Å². The lowest BCUT2D eigenvalue weighted by Crippen LogP contribution is -2.46. The molecule has 0 radical (unpaired) electrons. The number of aryl methyl sites for hydroxylation is 1. The molecule has 0 bridgehead atoms. The number of carbonyl (C=O) groups excluding carboxylic acids is 2. The zero-order chi connectivity index (χ0) is 16.9. The summed E-state index contributed by atoms with van der Waals surface area (Å²) in [5.41, 5.74) is 0.510. The molecule has 0 N–H and O–H groups in total. The first-order valence-electron chi connectivity index (χ1n) is 8.95. The largest absolute Gasteiger partial charge is 0.367 e. The fourth-order valence-corrected chi connectivity index (χ4v) is 4.68. The molecule has 7 nitrogen and oxygen atoms in total. The van der Waals surface area contributed by atoms with Crippen molar-refractivity contribution in [2.45, 2.75) is 50.6 Å². The highest BCUT2D eigenvalue weighted by Crippen LogP contribution is 2.42. The van der Waals surface area contributed by atoms with Crippen LogP contribution in [-0.4, -0.2) is 62.7 Å². The van der Waals surface area contributed by atoms with E-state index in [9.17, 15) is 9.59 Å². The van der Waals surface area contributed by atoms with Gasteiger partial charge in [0.15, 0.2) is 0 Å². The van der Waals surface area contributed by atoms with E-state index in [1.807, 2.05) is 24.3 Å². The number of nitrogens with zero attached hydrogens (tertiary/aromatic N) is 5. The zero-order valence-electron chi connectivity index (χ0n) is 14.4. The number of aromatic nitrogens is 2. The first-order chi connectivity index (χ1) is 11.6. The summed E-state index contributed by atoms with van der Waals surface area (Å²) in [4.78, 5) is 31.7. The number of hydrogen-bond acceptors (Lipinski definition) is 4. The lowest BCUT2D eigenvalue weighted by molar-refractivity contribution is -0.134. The van der Waals surface area contributed by atoms with Crippen molar-refractivity contribution < 1.29 is 9.59 Å². The SMILES string of the molecule is CCC[C@]12CCCN1C(=O)N([C@@H]1CCN(c3cnn(C)c3)C1)C2=O. The number of imide groups is 1. The minimum atomic E-state index is -0.548.